The number of aromatic nitrogens is 2. The Labute approximate surface area is 109 Å². The third kappa shape index (κ3) is 2.57. The number of anilines is 1. The van der Waals surface area contributed by atoms with Crippen LogP contribution in [0.4, 0.5) is 5.69 Å². The van der Waals surface area contributed by atoms with Crippen molar-refractivity contribution in [3.63, 3.8) is 0 Å². The summed E-state index contributed by atoms with van der Waals surface area (Å²) in [5.74, 6) is -0.237. The highest BCUT2D eigenvalue weighted by atomic mass is 35.5. The van der Waals surface area contributed by atoms with Gasteiger partial charge in [0.05, 0.1) is 0 Å². The summed E-state index contributed by atoms with van der Waals surface area (Å²) in [6.45, 7) is 0. The molecule has 1 N–H and O–H groups in total. The molecule has 1 aromatic carbocycles. The first kappa shape index (κ1) is 12.3. The minimum Gasteiger partial charge on any atom is -0.508 e. The minimum atomic E-state index is -0.329. The van der Waals surface area contributed by atoms with Crippen LogP contribution >= 0.6 is 11.6 Å². The molecule has 0 aliphatic carbocycles. The highest BCUT2D eigenvalue weighted by Crippen LogP contribution is 2.20. The van der Waals surface area contributed by atoms with E-state index in [1.165, 1.54) is 29.2 Å². The number of aromatic hydroxyl groups is 1. The number of nitrogens with zero attached hydrogens (tertiary/aromatic N) is 3. The molecule has 1 aromatic heterocycles. The van der Waals surface area contributed by atoms with Gasteiger partial charge >= 0.3 is 0 Å². The summed E-state index contributed by atoms with van der Waals surface area (Å²) in [6.07, 6.45) is 0. The van der Waals surface area contributed by atoms with E-state index in [0.717, 1.165) is 0 Å². The highest BCUT2D eigenvalue weighted by molar-refractivity contribution is 6.29. The first-order valence-electron chi connectivity index (χ1n) is 5.14. The topological polar surface area (TPSA) is 66.3 Å². The van der Waals surface area contributed by atoms with E-state index in [-0.39, 0.29) is 22.5 Å². The second kappa shape index (κ2) is 5.01. The molecular formula is C12H10ClN3O2. The molecule has 0 atom stereocenters. The molecule has 92 valence electrons. The molecule has 18 heavy (non-hydrogen) atoms. The molecule has 0 aliphatic heterocycles. The van der Waals surface area contributed by atoms with Crippen LogP contribution in [0.5, 0.6) is 5.75 Å². The van der Waals surface area contributed by atoms with Crippen molar-refractivity contribution in [2.75, 3.05) is 11.9 Å². The van der Waals surface area contributed by atoms with E-state index in [4.69, 9.17) is 11.6 Å². The lowest BCUT2D eigenvalue weighted by atomic mass is 10.2. The number of benzene rings is 1. The normalized spacial score (nSPS) is 10.1. The Bertz CT molecular complexity index is 572. The number of rotatable bonds is 2. The maximum atomic E-state index is 12.1. The Hall–Kier alpha value is -2.14. The van der Waals surface area contributed by atoms with Crippen LogP contribution in [-0.4, -0.2) is 28.3 Å². The van der Waals surface area contributed by atoms with Crippen LogP contribution in [0.2, 0.25) is 5.15 Å². The van der Waals surface area contributed by atoms with Crippen molar-refractivity contribution >= 4 is 23.2 Å². The predicted molar refractivity (Wildman–Crippen MR) is 67.9 cm³/mol. The zero-order valence-electron chi connectivity index (χ0n) is 9.54. The van der Waals surface area contributed by atoms with Gasteiger partial charge in [0.25, 0.3) is 5.91 Å². The molecule has 0 spiro atoms. The minimum absolute atomic E-state index is 0.0920. The summed E-state index contributed by atoms with van der Waals surface area (Å²) in [6, 6.07) is 9.38. The molecule has 0 radical (unpaired) electrons. The molecule has 5 nitrogen and oxygen atoms in total. The SMILES string of the molecule is CN(C(=O)c1ccc(Cl)nn1)c1cccc(O)c1. The van der Waals surface area contributed by atoms with Gasteiger partial charge in [0.15, 0.2) is 10.8 Å². The molecule has 0 saturated carbocycles. The molecule has 1 amide bonds. The van der Waals surface area contributed by atoms with E-state index >= 15 is 0 Å². The highest BCUT2D eigenvalue weighted by Gasteiger charge is 2.15. The molecular weight excluding hydrogens is 254 g/mol. The van der Waals surface area contributed by atoms with Crippen molar-refractivity contribution in [3.05, 3.63) is 47.2 Å². The maximum absolute atomic E-state index is 12.1. The van der Waals surface area contributed by atoms with E-state index in [2.05, 4.69) is 10.2 Å². The largest absolute Gasteiger partial charge is 0.508 e. The summed E-state index contributed by atoms with van der Waals surface area (Å²) in [4.78, 5) is 13.4. The van der Waals surface area contributed by atoms with Crippen LogP contribution in [0.15, 0.2) is 36.4 Å². The molecule has 2 aromatic rings. The average Bonchev–Trinajstić information content (AvgIpc) is 2.38. The zero-order chi connectivity index (χ0) is 13.1. The quantitative estimate of drug-likeness (QED) is 0.901. The fourth-order valence-electron chi connectivity index (χ4n) is 1.42. The fourth-order valence-corrected chi connectivity index (χ4v) is 1.52. The van der Waals surface area contributed by atoms with Gasteiger partial charge in [-0.15, -0.1) is 10.2 Å². The van der Waals surface area contributed by atoms with Crippen LogP contribution < -0.4 is 4.90 Å². The number of hydrogen-bond acceptors (Lipinski definition) is 4. The van der Waals surface area contributed by atoms with Crippen LogP contribution in [-0.2, 0) is 0 Å². The van der Waals surface area contributed by atoms with Crippen molar-refractivity contribution in [2.45, 2.75) is 0 Å². The lowest BCUT2D eigenvalue weighted by Crippen LogP contribution is -2.27. The summed E-state index contributed by atoms with van der Waals surface area (Å²) >= 11 is 5.60. The number of phenolic OH excluding ortho intramolecular Hbond substituents is 1. The molecule has 0 saturated heterocycles. The van der Waals surface area contributed by atoms with Gasteiger partial charge in [-0.25, -0.2) is 0 Å². The number of carbonyl (C=O) groups excluding carboxylic acids is 1. The van der Waals surface area contributed by atoms with Crippen molar-refractivity contribution in [1.82, 2.24) is 10.2 Å². The fraction of sp³-hybridized carbons (Fsp3) is 0.0833. The van der Waals surface area contributed by atoms with Crippen LogP contribution in [0.25, 0.3) is 0 Å². The number of phenols is 1. The van der Waals surface area contributed by atoms with Crippen LogP contribution in [0, 0.1) is 0 Å². The summed E-state index contributed by atoms with van der Waals surface area (Å²) < 4.78 is 0. The number of amides is 1. The van der Waals surface area contributed by atoms with Gasteiger partial charge in [0, 0.05) is 18.8 Å². The number of halogens is 1. The van der Waals surface area contributed by atoms with Crippen LogP contribution in [0.1, 0.15) is 10.5 Å². The third-order valence-corrected chi connectivity index (χ3v) is 2.57. The Morgan fingerprint density at radius 3 is 2.67 bits per heavy atom. The van der Waals surface area contributed by atoms with Crippen molar-refractivity contribution in [1.29, 1.82) is 0 Å². The Balaban J connectivity index is 2.26. The smallest absolute Gasteiger partial charge is 0.278 e. The van der Waals surface area contributed by atoms with Crippen LogP contribution in [0.3, 0.4) is 0 Å². The lowest BCUT2D eigenvalue weighted by Gasteiger charge is -2.16. The van der Waals surface area contributed by atoms with E-state index in [1.54, 1.807) is 19.2 Å². The second-order valence-electron chi connectivity index (χ2n) is 3.63. The molecule has 6 heteroatoms. The number of hydrogen-bond donors (Lipinski definition) is 1. The van der Waals surface area contributed by atoms with Gasteiger partial charge in [-0.05, 0) is 24.3 Å². The molecule has 0 aliphatic rings. The van der Waals surface area contributed by atoms with E-state index in [1.807, 2.05) is 0 Å². The maximum Gasteiger partial charge on any atom is 0.278 e. The molecule has 0 bridgehead atoms. The number of carbonyl (C=O) groups is 1. The molecule has 1 heterocycles. The molecule has 0 fully saturated rings. The van der Waals surface area contributed by atoms with E-state index in [0.29, 0.717) is 5.69 Å². The summed E-state index contributed by atoms with van der Waals surface area (Å²) in [5.41, 5.74) is 0.752. The standard InChI is InChI=1S/C12H10ClN3O2/c1-16(8-3-2-4-9(17)7-8)12(18)10-5-6-11(13)15-14-10/h2-7,17H,1H3. The van der Waals surface area contributed by atoms with Gasteiger partial charge in [-0.1, -0.05) is 17.7 Å². The van der Waals surface area contributed by atoms with Crippen molar-refractivity contribution < 1.29 is 9.90 Å². The summed E-state index contributed by atoms with van der Waals surface area (Å²) in [7, 11) is 1.59. The summed E-state index contributed by atoms with van der Waals surface area (Å²) in [5, 5.41) is 16.9. The lowest BCUT2D eigenvalue weighted by molar-refractivity contribution is 0.0987. The average molecular weight is 264 g/mol. The van der Waals surface area contributed by atoms with Crippen molar-refractivity contribution in [3.8, 4) is 5.75 Å². The Morgan fingerprint density at radius 1 is 1.28 bits per heavy atom. The monoisotopic (exact) mass is 263 g/mol. The van der Waals surface area contributed by atoms with Gasteiger partial charge < -0.3 is 10.0 Å². The van der Waals surface area contributed by atoms with Gasteiger partial charge in [0.1, 0.15) is 5.75 Å². The first-order valence-corrected chi connectivity index (χ1v) is 5.52. The van der Waals surface area contributed by atoms with Gasteiger partial charge in [0.2, 0.25) is 0 Å². The first-order chi connectivity index (χ1) is 8.58. The van der Waals surface area contributed by atoms with Gasteiger partial charge in [-0.3, -0.25) is 4.79 Å². The molecule has 0 unspecified atom stereocenters. The van der Waals surface area contributed by atoms with E-state index in [9.17, 15) is 9.90 Å². The third-order valence-electron chi connectivity index (χ3n) is 2.37. The van der Waals surface area contributed by atoms with E-state index < -0.39 is 0 Å². The Morgan fingerprint density at radius 2 is 2.06 bits per heavy atom. The van der Waals surface area contributed by atoms with Crippen molar-refractivity contribution in [2.24, 2.45) is 0 Å². The Kier molecular flexibility index (Phi) is 3.43. The zero-order valence-corrected chi connectivity index (χ0v) is 10.3. The predicted octanol–water partition coefficient (Wildman–Crippen LogP) is 2.11. The van der Waals surface area contributed by atoms with Gasteiger partial charge in [-0.2, -0.15) is 0 Å². The molecule has 2 rings (SSSR count). The second-order valence-corrected chi connectivity index (χ2v) is 4.01.